The van der Waals surface area contributed by atoms with E-state index < -0.39 is 15.4 Å². The lowest BCUT2D eigenvalue weighted by molar-refractivity contribution is 0.00339. The summed E-state index contributed by atoms with van der Waals surface area (Å²) in [5.41, 5.74) is 0.406. The topological polar surface area (TPSA) is 57.6 Å². The Kier molecular flexibility index (Phi) is 4.39. The van der Waals surface area contributed by atoms with Crippen LogP contribution in [0.5, 0.6) is 0 Å². The van der Waals surface area contributed by atoms with Gasteiger partial charge in [0.15, 0.2) is 9.84 Å². The van der Waals surface area contributed by atoms with Crippen LogP contribution in [0.1, 0.15) is 33.1 Å². The van der Waals surface area contributed by atoms with Gasteiger partial charge in [0.1, 0.15) is 0 Å². The Labute approximate surface area is 121 Å². The molecule has 0 bridgehead atoms. The second-order valence-corrected chi connectivity index (χ2v) is 7.75. The smallest absolute Gasteiger partial charge is 0.178 e. The summed E-state index contributed by atoms with van der Waals surface area (Å²) in [4.78, 5) is 2.46. The van der Waals surface area contributed by atoms with Crippen molar-refractivity contribution in [2.45, 2.75) is 43.6 Å². The first-order valence-corrected chi connectivity index (χ1v) is 8.85. The summed E-state index contributed by atoms with van der Waals surface area (Å²) < 4.78 is 23.9. The van der Waals surface area contributed by atoms with Gasteiger partial charge in [-0.25, -0.2) is 8.42 Å². The molecule has 4 nitrogen and oxygen atoms in total. The molecule has 1 aliphatic heterocycles. The molecule has 0 radical (unpaired) electrons. The van der Waals surface area contributed by atoms with Crippen LogP contribution in [0.25, 0.3) is 0 Å². The van der Waals surface area contributed by atoms with Crippen LogP contribution in [-0.2, 0) is 9.84 Å². The van der Waals surface area contributed by atoms with E-state index in [0.717, 1.165) is 18.5 Å². The molecule has 20 heavy (non-hydrogen) atoms. The van der Waals surface area contributed by atoms with Gasteiger partial charge in [-0.05, 0) is 37.1 Å². The first-order chi connectivity index (χ1) is 9.40. The second kappa shape index (κ2) is 5.74. The molecule has 1 N–H and O–H groups in total. The van der Waals surface area contributed by atoms with Crippen LogP contribution < -0.4 is 4.90 Å². The summed E-state index contributed by atoms with van der Waals surface area (Å²) in [5.74, 6) is 0.187. The van der Waals surface area contributed by atoms with Crippen molar-refractivity contribution in [1.29, 1.82) is 0 Å². The van der Waals surface area contributed by atoms with Crippen LogP contribution in [0.4, 0.5) is 5.69 Å². The van der Waals surface area contributed by atoms with Crippen molar-refractivity contribution in [3.05, 3.63) is 24.3 Å². The van der Waals surface area contributed by atoms with E-state index >= 15 is 0 Å². The fourth-order valence-electron chi connectivity index (χ4n) is 2.72. The van der Waals surface area contributed by atoms with Crippen LogP contribution in [0, 0.1) is 0 Å². The molecule has 5 heteroatoms. The molecule has 1 aromatic carbocycles. The molecule has 1 heterocycles. The molecular formula is C15H23NO3S. The molecule has 1 aromatic rings. The lowest BCUT2D eigenvalue weighted by atomic mass is 9.89. The van der Waals surface area contributed by atoms with Gasteiger partial charge in [-0.2, -0.15) is 0 Å². The van der Waals surface area contributed by atoms with E-state index in [1.807, 2.05) is 19.1 Å². The highest BCUT2D eigenvalue weighted by Gasteiger charge is 2.40. The number of nitrogens with zero attached hydrogens (tertiary/aromatic N) is 1. The molecule has 1 saturated heterocycles. The third-order valence-electron chi connectivity index (χ3n) is 3.72. The van der Waals surface area contributed by atoms with Crippen LogP contribution in [-0.4, -0.2) is 38.0 Å². The van der Waals surface area contributed by atoms with Gasteiger partial charge >= 0.3 is 0 Å². The first-order valence-electron chi connectivity index (χ1n) is 7.20. The first kappa shape index (κ1) is 15.3. The maximum Gasteiger partial charge on any atom is 0.178 e. The second-order valence-electron chi connectivity index (χ2n) is 5.64. The summed E-state index contributed by atoms with van der Waals surface area (Å²) in [6, 6.07) is 6.98. The number of β-amino-alcohol motifs (C(OH)–C–C–N with tert-alkyl or cyclic N) is 1. The largest absolute Gasteiger partial charge is 0.386 e. The van der Waals surface area contributed by atoms with E-state index in [9.17, 15) is 13.5 Å². The molecule has 112 valence electrons. The SMILES string of the molecule is CCCC1(O)CN(c2ccc(S(=O)(=O)CCC)cc2)C1. The van der Waals surface area contributed by atoms with Gasteiger partial charge in [-0.3, -0.25) is 0 Å². The average molecular weight is 297 g/mol. The van der Waals surface area contributed by atoms with Crippen LogP contribution in [0.2, 0.25) is 0 Å². The fraction of sp³-hybridized carbons (Fsp3) is 0.600. The van der Waals surface area contributed by atoms with E-state index in [0.29, 0.717) is 24.4 Å². The number of hydrogen-bond acceptors (Lipinski definition) is 4. The maximum atomic E-state index is 11.9. The van der Waals surface area contributed by atoms with Gasteiger partial charge in [0.05, 0.1) is 16.2 Å². The molecule has 0 amide bonds. The number of aliphatic hydroxyl groups is 1. The molecule has 1 fully saturated rings. The monoisotopic (exact) mass is 297 g/mol. The maximum absolute atomic E-state index is 11.9. The van der Waals surface area contributed by atoms with Gasteiger partial charge in [0.2, 0.25) is 0 Å². The number of anilines is 1. The highest BCUT2D eigenvalue weighted by atomic mass is 32.2. The van der Waals surface area contributed by atoms with Crippen LogP contribution in [0.15, 0.2) is 29.2 Å². The van der Waals surface area contributed by atoms with E-state index in [-0.39, 0.29) is 5.75 Å². The minimum atomic E-state index is -3.14. The van der Waals surface area contributed by atoms with Crippen molar-refractivity contribution < 1.29 is 13.5 Å². The lowest BCUT2D eigenvalue weighted by Crippen LogP contribution is -2.61. The average Bonchev–Trinajstić information content (AvgIpc) is 2.36. The van der Waals surface area contributed by atoms with Gasteiger partial charge in [-0.1, -0.05) is 20.3 Å². The summed E-state index contributed by atoms with van der Waals surface area (Å²) in [6.07, 6.45) is 2.41. The van der Waals surface area contributed by atoms with E-state index in [1.165, 1.54) is 0 Å². The summed E-state index contributed by atoms with van der Waals surface area (Å²) >= 11 is 0. The van der Waals surface area contributed by atoms with Crippen molar-refractivity contribution in [2.75, 3.05) is 23.7 Å². The van der Waals surface area contributed by atoms with Gasteiger partial charge in [-0.15, -0.1) is 0 Å². The van der Waals surface area contributed by atoms with Crippen molar-refractivity contribution in [3.63, 3.8) is 0 Å². The van der Waals surface area contributed by atoms with Gasteiger partial charge < -0.3 is 10.0 Å². The summed E-state index contributed by atoms with van der Waals surface area (Å²) in [7, 11) is -3.14. The van der Waals surface area contributed by atoms with Crippen LogP contribution >= 0.6 is 0 Å². The van der Waals surface area contributed by atoms with Crippen molar-refractivity contribution >= 4 is 15.5 Å². The quantitative estimate of drug-likeness (QED) is 0.874. The standard InChI is InChI=1S/C15H23NO3S/c1-3-9-15(17)11-16(12-15)13-5-7-14(8-6-13)20(18,19)10-4-2/h5-8,17H,3-4,9-12H2,1-2H3. The summed E-state index contributed by atoms with van der Waals surface area (Å²) in [5, 5.41) is 10.2. The molecule has 0 spiro atoms. The fourth-order valence-corrected chi connectivity index (χ4v) is 4.05. The highest BCUT2D eigenvalue weighted by Crippen LogP contribution is 2.31. The molecule has 0 aromatic heterocycles. The Bertz CT molecular complexity index is 545. The Morgan fingerprint density at radius 3 is 2.25 bits per heavy atom. The molecule has 1 aliphatic rings. The third-order valence-corrected chi connectivity index (χ3v) is 5.66. The van der Waals surface area contributed by atoms with Gasteiger partial charge in [0, 0.05) is 18.8 Å². The molecule has 0 unspecified atom stereocenters. The minimum Gasteiger partial charge on any atom is -0.386 e. The summed E-state index contributed by atoms with van der Waals surface area (Å²) in [6.45, 7) is 5.18. The Morgan fingerprint density at radius 1 is 1.15 bits per heavy atom. The third kappa shape index (κ3) is 3.15. The minimum absolute atomic E-state index is 0.187. The normalized spacial score (nSPS) is 17.9. The molecule has 0 saturated carbocycles. The Hall–Kier alpha value is -1.07. The Morgan fingerprint density at radius 2 is 1.75 bits per heavy atom. The predicted octanol–water partition coefficient (Wildman–Crippen LogP) is 2.22. The Balaban J connectivity index is 2.04. The van der Waals surface area contributed by atoms with E-state index in [2.05, 4.69) is 11.8 Å². The lowest BCUT2D eigenvalue weighted by Gasteiger charge is -2.48. The zero-order valence-corrected chi connectivity index (χ0v) is 13.0. The van der Waals surface area contributed by atoms with Gasteiger partial charge in [0.25, 0.3) is 0 Å². The predicted molar refractivity (Wildman–Crippen MR) is 80.9 cm³/mol. The highest BCUT2D eigenvalue weighted by molar-refractivity contribution is 7.91. The molecule has 0 atom stereocenters. The molecule has 0 aliphatic carbocycles. The van der Waals surface area contributed by atoms with E-state index in [4.69, 9.17) is 0 Å². The number of hydrogen-bond donors (Lipinski definition) is 1. The zero-order chi connectivity index (χ0) is 14.8. The van der Waals surface area contributed by atoms with Crippen molar-refractivity contribution in [1.82, 2.24) is 0 Å². The van der Waals surface area contributed by atoms with E-state index in [1.54, 1.807) is 12.1 Å². The van der Waals surface area contributed by atoms with Crippen molar-refractivity contribution in [3.8, 4) is 0 Å². The number of benzene rings is 1. The zero-order valence-electron chi connectivity index (χ0n) is 12.2. The van der Waals surface area contributed by atoms with Crippen molar-refractivity contribution in [2.24, 2.45) is 0 Å². The molecular weight excluding hydrogens is 274 g/mol. The molecule has 2 rings (SSSR count). The number of rotatable bonds is 6. The number of sulfone groups is 1. The van der Waals surface area contributed by atoms with Crippen LogP contribution in [0.3, 0.4) is 0 Å².